The lowest BCUT2D eigenvalue weighted by Gasteiger charge is -2.21. The molecule has 132 valence electrons. The summed E-state index contributed by atoms with van der Waals surface area (Å²) in [5.41, 5.74) is 2.79. The Bertz CT molecular complexity index is 723. The van der Waals surface area contributed by atoms with Crippen molar-refractivity contribution in [3.63, 3.8) is 0 Å². The minimum absolute atomic E-state index is 0.0954. The molecule has 4 heteroatoms. The number of esters is 1. The number of pyridine rings is 1. The van der Waals surface area contributed by atoms with Crippen molar-refractivity contribution in [3.05, 3.63) is 59.4 Å². The summed E-state index contributed by atoms with van der Waals surface area (Å²) in [6, 6.07) is 9.70. The van der Waals surface area contributed by atoms with Crippen molar-refractivity contribution in [2.24, 2.45) is 5.92 Å². The van der Waals surface area contributed by atoms with Gasteiger partial charge in [0.1, 0.15) is 5.75 Å². The zero-order valence-electron chi connectivity index (χ0n) is 15.1. The Morgan fingerprint density at radius 2 is 1.92 bits per heavy atom. The highest BCUT2D eigenvalue weighted by atomic mass is 16.7. The monoisotopic (exact) mass is 339 g/mol. The molecule has 0 N–H and O–H groups in total. The van der Waals surface area contributed by atoms with Gasteiger partial charge in [-0.2, -0.15) is 0 Å². The Balaban J connectivity index is 1.73. The summed E-state index contributed by atoms with van der Waals surface area (Å²) < 4.78 is 11.2. The zero-order chi connectivity index (χ0) is 17.8. The number of benzene rings is 1. The normalized spacial score (nSPS) is 15.0. The lowest BCUT2D eigenvalue weighted by Crippen LogP contribution is -2.13. The van der Waals surface area contributed by atoms with E-state index in [4.69, 9.17) is 9.47 Å². The van der Waals surface area contributed by atoms with E-state index in [2.05, 4.69) is 44.0 Å². The fraction of sp³-hybridized carbons (Fsp3) is 0.429. The highest BCUT2D eigenvalue weighted by Crippen LogP contribution is 2.46. The van der Waals surface area contributed by atoms with Gasteiger partial charge < -0.3 is 9.47 Å². The third-order valence-electron chi connectivity index (χ3n) is 4.81. The third kappa shape index (κ3) is 4.19. The number of ether oxygens (including phenoxy) is 2. The van der Waals surface area contributed by atoms with E-state index in [1.165, 1.54) is 24.6 Å². The van der Waals surface area contributed by atoms with Gasteiger partial charge in [0.15, 0.2) is 0 Å². The quantitative estimate of drug-likeness (QED) is 0.531. The van der Waals surface area contributed by atoms with Crippen LogP contribution < -0.4 is 4.74 Å². The van der Waals surface area contributed by atoms with Gasteiger partial charge in [0, 0.05) is 12.4 Å². The minimum atomic E-state index is -0.424. The Morgan fingerprint density at radius 3 is 2.56 bits per heavy atom. The molecular formula is C21H25NO3. The van der Waals surface area contributed by atoms with E-state index in [9.17, 15) is 4.79 Å². The van der Waals surface area contributed by atoms with Crippen molar-refractivity contribution in [1.82, 2.24) is 4.98 Å². The van der Waals surface area contributed by atoms with Crippen molar-refractivity contribution in [2.75, 3.05) is 6.79 Å². The fourth-order valence-electron chi connectivity index (χ4n) is 3.11. The molecule has 1 fully saturated rings. The van der Waals surface area contributed by atoms with Crippen LogP contribution in [-0.4, -0.2) is 17.7 Å². The number of para-hydroxylation sites is 1. The second kappa shape index (κ2) is 7.68. The average molecular weight is 339 g/mol. The first-order valence-corrected chi connectivity index (χ1v) is 8.90. The topological polar surface area (TPSA) is 48.4 Å². The van der Waals surface area contributed by atoms with E-state index >= 15 is 0 Å². The largest absolute Gasteiger partial charge is 0.457 e. The van der Waals surface area contributed by atoms with Crippen LogP contribution in [0.2, 0.25) is 0 Å². The van der Waals surface area contributed by atoms with E-state index in [1.807, 2.05) is 0 Å². The SMILES string of the molecule is CC(C)c1cccc(C(C)C2CC2)c1OCOC(=O)c1cccnc1. The van der Waals surface area contributed by atoms with Gasteiger partial charge in [0.2, 0.25) is 6.79 Å². The van der Waals surface area contributed by atoms with E-state index in [0.29, 0.717) is 17.4 Å². The van der Waals surface area contributed by atoms with Gasteiger partial charge in [-0.3, -0.25) is 4.98 Å². The van der Waals surface area contributed by atoms with E-state index in [-0.39, 0.29) is 6.79 Å². The van der Waals surface area contributed by atoms with Crippen LogP contribution >= 0.6 is 0 Å². The van der Waals surface area contributed by atoms with Crippen molar-refractivity contribution in [1.29, 1.82) is 0 Å². The summed E-state index contributed by atoms with van der Waals surface area (Å²) in [4.78, 5) is 16.0. The molecule has 1 heterocycles. The van der Waals surface area contributed by atoms with Crippen LogP contribution in [0.25, 0.3) is 0 Å². The number of hydrogen-bond donors (Lipinski definition) is 0. The molecule has 0 radical (unpaired) electrons. The summed E-state index contributed by atoms with van der Waals surface area (Å²) in [6.45, 7) is 6.46. The summed E-state index contributed by atoms with van der Waals surface area (Å²) >= 11 is 0. The van der Waals surface area contributed by atoms with Crippen LogP contribution in [0.4, 0.5) is 0 Å². The first-order valence-electron chi connectivity index (χ1n) is 8.90. The molecule has 1 saturated carbocycles. The number of rotatable bonds is 7. The van der Waals surface area contributed by atoms with Crippen molar-refractivity contribution >= 4 is 5.97 Å². The van der Waals surface area contributed by atoms with Gasteiger partial charge in [0.25, 0.3) is 0 Å². The Morgan fingerprint density at radius 1 is 1.16 bits per heavy atom. The summed E-state index contributed by atoms with van der Waals surface area (Å²) in [5.74, 6) is 1.99. The van der Waals surface area contributed by atoms with Crippen molar-refractivity contribution in [3.8, 4) is 5.75 Å². The van der Waals surface area contributed by atoms with Crippen LogP contribution in [0.15, 0.2) is 42.7 Å². The molecule has 0 bridgehead atoms. The lowest BCUT2D eigenvalue weighted by atomic mass is 9.90. The number of carbonyl (C=O) groups is 1. The molecule has 4 nitrogen and oxygen atoms in total. The molecule has 2 aromatic rings. The molecule has 0 spiro atoms. The molecule has 0 aliphatic heterocycles. The number of aromatic nitrogens is 1. The maximum absolute atomic E-state index is 12.0. The first-order chi connectivity index (χ1) is 12.1. The molecule has 3 rings (SSSR count). The predicted octanol–water partition coefficient (Wildman–Crippen LogP) is 4.91. The highest BCUT2D eigenvalue weighted by molar-refractivity contribution is 5.88. The van der Waals surface area contributed by atoms with Gasteiger partial charge in [-0.1, -0.05) is 39.0 Å². The standard InChI is InChI=1S/C21H25NO3/c1-14(2)18-7-4-8-19(15(3)16-9-10-16)20(18)24-13-25-21(23)17-6-5-11-22-12-17/h4-8,11-12,14-16H,9-10,13H2,1-3H3. The molecular weight excluding hydrogens is 314 g/mol. The zero-order valence-corrected chi connectivity index (χ0v) is 15.1. The second-order valence-corrected chi connectivity index (χ2v) is 6.98. The van der Waals surface area contributed by atoms with E-state index < -0.39 is 5.97 Å². The van der Waals surface area contributed by atoms with Crippen LogP contribution in [0, 0.1) is 5.92 Å². The maximum Gasteiger partial charge on any atom is 0.342 e. The first kappa shape index (κ1) is 17.5. The number of hydrogen-bond acceptors (Lipinski definition) is 4. The summed E-state index contributed by atoms with van der Waals surface area (Å²) in [7, 11) is 0. The van der Waals surface area contributed by atoms with Gasteiger partial charge >= 0.3 is 5.97 Å². The summed E-state index contributed by atoms with van der Waals surface area (Å²) in [6.07, 6.45) is 5.67. The molecule has 25 heavy (non-hydrogen) atoms. The van der Waals surface area contributed by atoms with Gasteiger partial charge in [-0.05, 0) is 53.9 Å². The molecule has 1 aromatic heterocycles. The Labute approximate surface area is 149 Å². The third-order valence-corrected chi connectivity index (χ3v) is 4.81. The molecule has 0 saturated heterocycles. The fourth-order valence-corrected chi connectivity index (χ4v) is 3.11. The van der Waals surface area contributed by atoms with Crippen molar-refractivity contribution < 1.29 is 14.3 Å². The molecule has 1 atom stereocenters. The number of nitrogens with zero attached hydrogens (tertiary/aromatic N) is 1. The molecule has 1 aliphatic carbocycles. The maximum atomic E-state index is 12.0. The van der Waals surface area contributed by atoms with Gasteiger partial charge in [-0.15, -0.1) is 0 Å². The van der Waals surface area contributed by atoms with Crippen LogP contribution in [0.1, 0.15) is 66.9 Å². The van der Waals surface area contributed by atoms with Crippen molar-refractivity contribution in [2.45, 2.75) is 45.4 Å². The van der Waals surface area contributed by atoms with Crippen LogP contribution in [-0.2, 0) is 4.74 Å². The predicted molar refractivity (Wildman–Crippen MR) is 96.8 cm³/mol. The molecule has 0 amide bonds. The van der Waals surface area contributed by atoms with E-state index in [1.54, 1.807) is 18.3 Å². The Kier molecular flexibility index (Phi) is 5.37. The lowest BCUT2D eigenvalue weighted by molar-refractivity contribution is 0.0146. The molecule has 1 unspecified atom stereocenters. The van der Waals surface area contributed by atoms with Crippen LogP contribution in [0.5, 0.6) is 5.75 Å². The second-order valence-electron chi connectivity index (χ2n) is 6.98. The van der Waals surface area contributed by atoms with E-state index in [0.717, 1.165) is 17.2 Å². The average Bonchev–Trinajstić information content (AvgIpc) is 3.46. The van der Waals surface area contributed by atoms with Gasteiger partial charge in [-0.25, -0.2) is 4.79 Å². The number of carbonyl (C=O) groups excluding carboxylic acids is 1. The summed E-state index contributed by atoms with van der Waals surface area (Å²) in [5, 5.41) is 0. The molecule has 1 aliphatic rings. The minimum Gasteiger partial charge on any atom is -0.457 e. The highest BCUT2D eigenvalue weighted by Gasteiger charge is 2.31. The smallest absolute Gasteiger partial charge is 0.342 e. The molecule has 1 aromatic carbocycles. The Hall–Kier alpha value is -2.36. The van der Waals surface area contributed by atoms with Gasteiger partial charge in [0.05, 0.1) is 5.56 Å². The van der Waals surface area contributed by atoms with Crippen LogP contribution in [0.3, 0.4) is 0 Å².